The number of hydrogen-bond acceptors (Lipinski definition) is 2. The van der Waals surface area contributed by atoms with Crippen molar-refractivity contribution in [2.75, 3.05) is 0 Å². The largest absolute Gasteiger partial charge is 0.318 e. The molecule has 90 valence electrons. The maximum atomic E-state index is 13.9. The van der Waals surface area contributed by atoms with E-state index >= 15 is 0 Å². The number of thiophene rings is 1. The van der Waals surface area contributed by atoms with Gasteiger partial charge in [0.2, 0.25) is 0 Å². The molecule has 0 saturated heterocycles. The first-order valence-corrected chi connectivity index (χ1v) is 6.56. The number of hydrogen-bond donors (Lipinski definition) is 1. The molecule has 1 atom stereocenters. The van der Waals surface area contributed by atoms with E-state index < -0.39 is 5.54 Å². The summed E-state index contributed by atoms with van der Waals surface area (Å²) in [7, 11) is 0. The number of aryl methyl sites for hydroxylation is 1. The highest BCUT2D eigenvalue weighted by Crippen LogP contribution is 2.35. The fourth-order valence-corrected chi connectivity index (χ4v) is 2.98. The normalized spacial score (nSPS) is 14.6. The Labute approximate surface area is 105 Å². The van der Waals surface area contributed by atoms with E-state index in [-0.39, 0.29) is 5.82 Å². The summed E-state index contributed by atoms with van der Waals surface area (Å²) in [6.45, 7) is 4.02. The van der Waals surface area contributed by atoms with Gasteiger partial charge in [0.25, 0.3) is 0 Å². The maximum absolute atomic E-state index is 13.9. The van der Waals surface area contributed by atoms with Gasteiger partial charge in [-0.15, -0.1) is 11.3 Å². The molecule has 1 nitrogen and oxygen atoms in total. The minimum Gasteiger partial charge on any atom is -0.318 e. The molecule has 0 aliphatic rings. The molecular formula is C14H16FNS. The number of nitrogens with two attached hydrogens (primary N) is 1. The first-order valence-electron chi connectivity index (χ1n) is 5.68. The summed E-state index contributed by atoms with van der Waals surface area (Å²) < 4.78 is 13.9. The van der Waals surface area contributed by atoms with E-state index in [1.54, 1.807) is 23.5 Å². The molecule has 0 amide bonds. The fraction of sp³-hybridized carbons (Fsp3) is 0.286. The van der Waals surface area contributed by atoms with Crippen LogP contribution in [0.4, 0.5) is 4.39 Å². The highest BCUT2D eigenvalue weighted by Gasteiger charge is 2.32. The third-order valence-electron chi connectivity index (χ3n) is 3.25. The van der Waals surface area contributed by atoms with Gasteiger partial charge < -0.3 is 5.73 Å². The highest BCUT2D eigenvalue weighted by atomic mass is 32.1. The van der Waals surface area contributed by atoms with Crippen molar-refractivity contribution in [2.45, 2.75) is 25.8 Å². The molecule has 0 radical (unpaired) electrons. The van der Waals surface area contributed by atoms with Crippen LogP contribution >= 0.6 is 11.3 Å². The molecule has 2 N–H and O–H groups in total. The molecule has 3 heteroatoms. The minimum absolute atomic E-state index is 0.234. The molecule has 0 aliphatic carbocycles. The van der Waals surface area contributed by atoms with E-state index in [2.05, 4.69) is 0 Å². The average Bonchev–Trinajstić information content (AvgIpc) is 2.76. The zero-order valence-electron chi connectivity index (χ0n) is 10.0. The van der Waals surface area contributed by atoms with Gasteiger partial charge in [-0.3, -0.25) is 0 Å². The zero-order chi connectivity index (χ0) is 12.5. The van der Waals surface area contributed by atoms with E-state index in [1.807, 2.05) is 31.4 Å². The van der Waals surface area contributed by atoms with Gasteiger partial charge in [-0.2, -0.15) is 0 Å². The van der Waals surface area contributed by atoms with Crippen molar-refractivity contribution in [3.8, 4) is 0 Å². The van der Waals surface area contributed by atoms with Gasteiger partial charge in [-0.25, -0.2) is 4.39 Å². The molecule has 0 spiro atoms. The fourth-order valence-electron chi connectivity index (χ4n) is 2.20. The van der Waals surface area contributed by atoms with Crippen LogP contribution in [0.5, 0.6) is 0 Å². The zero-order valence-corrected chi connectivity index (χ0v) is 10.9. The molecule has 1 aromatic heterocycles. The van der Waals surface area contributed by atoms with Gasteiger partial charge in [0.05, 0.1) is 5.54 Å². The lowest BCUT2D eigenvalue weighted by molar-refractivity contribution is 0.479. The number of benzene rings is 1. The Balaban J connectivity index is 2.60. The Morgan fingerprint density at radius 3 is 2.47 bits per heavy atom. The van der Waals surface area contributed by atoms with Crippen LogP contribution in [-0.2, 0) is 5.54 Å². The van der Waals surface area contributed by atoms with Crippen molar-refractivity contribution in [2.24, 2.45) is 5.73 Å². The van der Waals surface area contributed by atoms with Crippen LogP contribution in [0.2, 0.25) is 0 Å². The van der Waals surface area contributed by atoms with E-state index in [1.165, 1.54) is 6.07 Å². The highest BCUT2D eigenvalue weighted by molar-refractivity contribution is 7.10. The Bertz CT molecular complexity index is 520. The van der Waals surface area contributed by atoms with E-state index in [0.717, 1.165) is 10.4 Å². The molecular weight excluding hydrogens is 233 g/mol. The molecule has 17 heavy (non-hydrogen) atoms. The summed E-state index contributed by atoms with van der Waals surface area (Å²) >= 11 is 1.64. The number of rotatable bonds is 3. The summed E-state index contributed by atoms with van der Waals surface area (Å²) in [6, 6.07) is 8.76. The summed E-state index contributed by atoms with van der Waals surface area (Å²) in [4.78, 5) is 1.15. The van der Waals surface area contributed by atoms with Gasteiger partial charge in [0, 0.05) is 10.4 Å². The van der Waals surface area contributed by atoms with E-state index in [4.69, 9.17) is 5.73 Å². The smallest absolute Gasteiger partial charge is 0.128 e. The lowest BCUT2D eigenvalue weighted by Gasteiger charge is -2.29. The molecule has 2 rings (SSSR count). The minimum atomic E-state index is -0.727. The molecule has 0 bridgehead atoms. The lowest BCUT2D eigenvalue weighted by Crippen LogP contribution is -2.38. The molecule has 1 unspecified atom stereocenters. The maximum Gasteiger partial charge on any atom is 0.128 e. The van der Waals surface area contributed by atoms with Crippen molar-refractivity contribution in [3.63, 3.8) is 0 Å². The molecule has 0 aliphatic heterocycles. The van der Waals surface area contributed by atoms with E-state index in [0.29, 0.717) is 12.0 Å². The molecule has 0 saturated carbocycles. The first-order chi connectivity index (χ1) is 8.09. The van der Waals surface area contributed by atoms with Gasteiger partial charge in [0.1, 0.15) is 5.82 Å². The topological polar surface area (TPSA) is 26.0 Å². The van der Waals surface area contributed by atoms with Crippen molar-refractivity contribution in [3.05, 3.63) is 57.5 Å². The van der Waals surface area contributed by atoms with Crippen molar-refractivity contribution < 1.29 is 4.39 Å². The third-order valence-corrected chi connectivity index (χ3v) is 4.10. The van der Waals surface area contributed by atoms with Crippen molar-refractivity contribution >= 4 is 11.3 Å². The van der Waals surface area contributed by atoms with Gasteiger partial charge >= 0.3 is 0 Å². The van der Waals surface area contributed by atoms with Crippen molar-refractivity contribution in [1.29, 1.82) is 0 Å². The van der Waals surface area contributed by atoms with Crippen LogP contribution in [0.3, 0.4) is 0 Å². The first kappa shape index (κ1) is 12.3. The van der Waals surface area contributed by atoms with Crippen LogP contribution in [0, 0.1) is 12.7 Å². The van der Waals surface area contributed by atoms with Crippen LogP contribution in [0.15, 0.2) is 35.7 Å². The molecule has 0 fully saturated rings. The predicted molar refractivity (Wildman–Crippen MR) is 70.7 cm³/mol. The third kappa shape index (κ3) is 2.01. The Hall–Kier alpha value is -1.19. The van der Waals surface area contributed by atoms with Gasteiger partial charge in [-0.05, 0) is 36.4 Å². The van der Waals surface area contributed by atoms with Gasteiger partial charge in [0.15, 0.2) is 0 Å². The quantitative estimate of drug-likeness (QED) is 0.879. The summed E-state index contributed by atoms with van der Waals surface area (Å²) in [5.74, 6) is -0.234. The summed E-state index contributed by atoms with van der Waals surface area (Å²) in [5.41, 5.74) is 7.32. The van der Waals surface area contributed by atoms with Crippen LogP contribution in [-0.4, -0.2) is 0 Å². The summed E-state index contributed by atoms with van der Waals surface area (Å²) in [5, 5.41) is 2.00. The number of halogens is 1. The standard InChI is InChI=1S/C14H16FNS/c1-3-14(16,11-8-9-17-10(11)2)12-6-4-5-7-13(12)15/h4-9H,3,16H2,1-2H3. The second-order valence-corrected chi connectivity index (χ2v) is 5.32. The average molecular weight is 249 g/mol. The van der Waals surface area contributed by atoms with Crippen LogP contribution in [0.25, 0.3) is 0 Å². The molecule has 2 aromatic rings. The Morgan fingerprint density at radius 1 is 1.24 bits per heavy atom. The predicted octanol–water partition coefficient (Wildman–Crippen LogP) is 3.81. The van der Waals surface area contributed by atoms with Gasteiger partial charge in [-0.1, -0.05) is 25.1 Å². The van der Waals surface area contributed by atoms with Crippen LogP contribution < -0.4 is 5.73 Å². The molecule has 1 heterocycles. The lowest BCUT2D eigenvalue weighted by atomic mass is 9.81. The van der Waals surface area contributed by atoms with Crippen LogP contribution in [0.1, 0.15) is 29.3 Å². The monoisotopic (exact) mass is 249 g/mol. The second kappa shape index (κ2) is 4.59. The van der Waals surface area contributed by atoms with E-state index in [9.17, 15) is 4.39 Å². The summed E-state index contributed by atoms with van der Waals surface area (Å²) in [6.07, 6.45) is 0.672. The Kier molecular flexibility index (Phi) is 3.31. The van der Waals surface area contributed by atoms with Crippen molar-refractivity contribution in [1.82, 2.24) is 0 Å². The SMILES string of the molecule is CCC(N)(c1ccccc1F)c1ccsc1C. The second-order valence-electron chi connectivity index (χ2n) is 4.20. The Morgan fingerprint density at radius 2 is 1.94 bits per heavy atom. The molecule has 1 aromatic carbocycles.